The number of nitrogens with one attached hydrogen (secondary N) is 2. The number of thiazole rings is 1. The second kappa shape index (κ2) is 8.02. The highest BCUT2D eigenvalue weighted by atomic mass is 32.2. The van der Waals surface area contributed by atoms with Gasteiger partial charge in [0.1, 0.15) is 21.2 Å². The third-order valence-corrected chi connectivity index (χ3v) is 10.0. The molecule has 3 N–H and O–H groups in total. The van der Waals surface area contributed by atoms with Crippen LogP contribution in [0, 0.1) is 17.8 Å². The molecular weight excluding hydrogens is 526 g/mol. The van der Waals surface area contributed by atoms with Gasteiger partial charge >= 0.3 is 0 Å². The maximum Gasteiger partial charge on any atom is 0.286 e. The summed E-state index contributed by atoms with van der Waals surface area (Å²) in [6.07, 6.45) is 5.47. The summed E-state index contributed by atoms with van der Waals surface area (Å²) >= 11 is 1.43. The zero-order valence-corrected chi connectivity index (χ0v) is 21.5. The Morgan fingerprint density at radius 2 is 2.06 bits per heavy atom. The molecule has 2 bridgehead atoms. The Balaban J connectivity index is 1.42. The van der Waals surface area contributed by atoms with Crippen molar-refractivity contribution < 1.29 is 26.7 Å². The highest BCUT2D eigenvalue weighted by Gasteiger charge is 2.57. The van der Waals surface area contributed by atoms with Gasteiger partial charge in [-0.05, 0) is 49.3 Å². The van der Waals surface area contributed by atoms with Gasteiger partial charge in [-0.15, -0.1) is 15.7 Å². The second-order valence-corrected chi connectivity index (χ2v) is 13.9. The third kappa shape index (κ3) is 3.78. The number of amidine groups is 1. The van der Waals surface area contributed by atoms with Crippen molar-refractivity contribution in [2.75, 3.05) is 16.3 Å². The minimum absolute atomic E-state index is 0.0653. The van der Waals surface area contributed by atoms with Crippen LogP contribution in [0.25, 0.3) is 0 Å². The van der Waals surface area contributed by atoms with Crippen LogP contribution in [-0.4, -0.2) is 55.9 Å². The van der Waals surface area contributed by atoms with Crippen LogP contribution < -0.4 is 10.0 Å². The van der Waals surface area contributed by atoms with Gasteiger partial charge in [-0.25, -0.2) is 13.4 Å². The van der Waals surface area contributed by atoms with Crippen LogP contribution in [0.5, 0.6) is 0 Å². The zero-order valence-electron chi connectivity index (χ0n) is 19.1. The summed E-state index contributed by atoms with van der Waals surface area (Å²) in [4.78, 5) is 19.6. The Morgan fingerprint density at radius 3 is 2.78 bits per heavy atom. The first-order valence-corrected chi connectivity index (χ1v) is 15.6. The van der Waals surface area contributed by atoms with Crippen molar-refractivity contribution in [3.8, 4) is 0 Å². The van der Waals surface area contributed by atoms with Gasteiger partial charge in [-0.2, -0.15) is 8.42 Å². The minimum atomic E-state index is -4.30. The summed E-state index contributed by atoms with van der Waals surface area (Å²) in [6, 6.07) is 3.80. The maximum absolute atomic E-state index is 13.8. The lowest BCUT2D eigenvalue weighted by atomic mass is 9.78. The highest BCUT2D eigenvalue weighted by molar-refractivity contribution is 7.92. The van der Waals surface area contributed by atoms with E-state index in [1.807, 2.05) is 5.38 Å². The zero-order chi connectivity index (χ0) is 25.4. The molecular formula is C22H23N5O6S3. The lowest BCUT2D eigenvalue weighted by molar-refractivity contribution is -0.134. The molecule has 1 aromatic heterocycles. The number of sulfonamides is 2. The van der Waals surface area contributed by atoms with Crippen LogP contribution in [0.1, 0.15) is 24.3 Å². The molecule has 0 unspecified atom stereocenters. The molecule has 190 valence electrons. The molecule has 36 heavy (non-hydrogen) atoms. The summed E-state index contributed by atoms with van der Waals surface area (Å²) in [5.74, 6) is -0.645. The fraction of sp³-hybridized carbons (Fsp3) is 0.409. The van der Waals surface area contributed by atoms with E-state index in [2.05, 4.69) is 19.4 Å². The molecule has 3 heterocycles. The van der Waals surface area contributed by atoms with Crippen LogP contribution in [0.3, 0.4) is 0 Å². The molecule has 4 atom stereocenters. The van der Waals surface area contributed by atoms with Gasteiger partial charge in [0.15, 0.2) is 5.84 Å². The number of aromatic nitrogens is 1. The molecule has 4 aliphatic rings. The van der Waals surface area contributed by atoms with Crippen LogP contribution >= 0.6 is 11.3 Å². The molecule has 1 aromatic carbocycles. The summed E-state index contributed by atoms with van der Waals surface area (Å²) in [7, 11) is -7.92. The summed E-state index contributed by atoms with van der Waals surface area (Å²) in [5.41, 5.74) is 0.0529. The summed E-state index contributed by atoms with van der Waals surface area (Å²) in [6.45, 7) is 0.273. The predicted molar refractivity (Wildman–Crippen MR) is 134 cm³/mol. The highest BCUT2D eigenvalue weighted by Crippen LogP contribution is 2.55. The van der Waals surface area contributed by atoms with E-state index in [1.165, 1.54) is 23.5 Å². The Bertz CT molecular complexity index is 1550. The average Bonchev–Trinajstić information content (AvgIpc) is 3.54. The maximum atomic E-state index is 13.8. The Labute approximate surface area is 212 Å². The van der Waals surface area contributed by atoms with Gasteiger partial charge < -0.3 is 15.3 Å². The summed E-state index contributed by atoms with van der Waals surface area (Å²) in [5, 5.41) is 16.8. The largest absolute Gasteiger partial charge is 0.511 e. The average molecular weight is 550 g/mol. The predicted octanol–water partition coefficient (Wildman–Crippen LogP) is 2.30. The molecule has 6 rings (SSSR count). The van der Waals surface area contributed by atoms with Crippen molar-refractivity contribution in [2.24, 2.45) is 22.2 Å². The first kappa shape index (κ1) is 23.4. The monoisotopic (exact) mass is 549 g/mol. The number of aliphatic hydroxyl groups is 1. The molecule has 0 radical (unpaired) electrons. The topological polar surface area (TPSA) is 158 Å². The number of benzene rings is 1. The van der Waals surface area contributed by atoms with Gasteiger partial charge in [0.25, 0.3) is 15.9 Å². The molecule has 2 aromatic rings. The number of carbonyl (C=O) groups is 1. The number of anilines is 2. The smallest absolute Gasteiger partial charge is 0.286 e. The lowest BCUT2D eigenvalue weighted by Crippen LogP contribution is -2.53. The molecule has 14 heteroatoms. The molecule has 0 spiro atoms. The molecule has 11 nitrogen and oxygen atoms in total. The van der Waals surface area contributed by atoms with Gasteiger partial charge in [-0.1, -0.05) is 0 Å². The van der Waals surface area contributed by atoms with E-state index in [0.29, 0.717) is 0 Å². The Kier molecular flexibility index (Phi) is 5.22. The molecule has 2 aliphatic heterocycles. The number of hydrogen-bond acceptors (Lipinski definition) is 9. The van der Waals surface area contributed by atoms with Crippen molar-refractivity contribution in [3.63, 3.8) is 0 Å². The number of rotatable bonds is 5. The molecule has 2 aliphatic carbocycles. The minimum Gasteiger partial charge on any atom is -0.511 e. The van der Waals surface area contributed by atoms with Gasteiger partial charge in [0.05, 0.1) is 18.5 Å². The van der Waals surface area contributed by atoms with Crippen LogP contribution in [0.2, 0.25) is 0 Å². The van der Waals surface area contributed by atoms with Crippen molar-refractivity contribution >= 4 is 54.5 Å². The second-order valence-electron chi connectivity index (χ2n) is 9.59. The van der Waals surface area contributed by atoms with E-state index in [4.69, 9.17) is 0 Å². The third-order valence-electron chi connectivity index (χ3n) is 7.33. The number of carbonyl (C=O) groups excluding carboxylic acids is 1. The van der Waals surface area contributed by atoms with Gasteiger partial charge in [0.2, 0.25) is 10.0 Å². The van der Waals surface area contributed by atoms with Crippen molar-refractivity contribution in [1.82, 2.24) is 9.88 Å². The van der Waals surface area contributed by atoms with Crippen molar-refractivity contribution in [3.05, 3.63) is 46.1 Å². The fourth-order valence-electron chi connectivity index (χ4n) is 6.07. The standard InChI is InChI=1S/C22H23N5O6S3/c1-35(30,31)25-13-4-5-14-15(9-13)36(32,33)26-21(24-14)18-20(28)17-11-2-3-12(8-11)19(17)27(22(18)29)10-16-23-6-7-34-16/h4-7,9,11-12,17,19,25,28H,2-3,8,10H2,1H3,(H,24,26)/t11-,12+,17+,19-/m0/s1. The van der Waals surface area contributed by atoms with Crippen molar-refractivity contribution in [1.29, 1.82) is 0 Å². The van der Waals surface area contributed by atoms with Gasteiger partial charge in [-0.3, -0.25) is 9.52 Å². The quantitative estimate of drug-likeness (QED) is 0.513. The van der Waals surface area contributed by atoms with Crippen LogP contribution in [-0.2, 0) is 31.4 Å². The number of fused-ring (bicyclic) bond motifs is 6. The van der Waals surface area contributed by atoms with E-state index >= 15 is 0 Å². The first-order chi connectivity index (χ1) is 17.0. The van der Waals surface area contributed by atoms with E-state index in [9.17, 15) is 26.7 Å². The summed E-state index contributed by atoms with van der Waals surface area (Å²) < 4.78 is 55.4. The first-order valence-electron chi connectivity index (χ1n) is 11.4. The van der Waals surface area contributed by atoms with Crippen molar-refractivity contribution in [2.45, 2.75) is 36.7 Å². The number of nitrogens with zero attached hydrogens (tertiary/aromatic N) is 3. The van der Waals surface area contributed by atoms with Crippen LogP contribution in [0.4, 0.5) is 11.4 Å². The SMILES string of the molecule is CS(=O)(=O)Nc1ccc2c(c1)S(=O)(=O)N=C(C1=C(O)[C@@H]3[C@H]4CC[C@H](C4)[C@@H]3N(Cc3nccs3)C1=O)N2. The molecule has 0 saturated heterocycles. The molecule has 2 fully saturated rings. The number of aliphatic hydroxyl groups excluding tert-OH is 1. The van der Waals surface area contributed by atoms with E-state index in [1.54, 1.807) is 11.1 Å². The van der Waals surface area contributed by atoms with Crippen LogP contribution in [0.15, 0.2) is 50.4 Å². The molecule has 2 saturated carbocycles. The fourth-order valence-corrected chi connectivity index (χ4v) is 8.39. The van der Waals surface area contributed by atoms with E-state index < -0.39 is 26.0 Å². The van der Waals surface area contributed by atoms with E-state index in [0.717, 1.165) is 36.6 Å². The normalized spacial score (nSPS) is 28.4. The Hall–Kier alpha value is -2.97. The number of hydrogen-bond donors (Lipinski definition) is 3. The van der Waals surface area contributed by atoms with E-state index in [-0.39, 0.29) is 63.8 Å². The Morgan fingerprint density at radius 1 is 1.28 bits per heavy atom. The molecule has 1 amide bonds. The van der Waals surface area contributed by atoms with Gasteiger partial charge in [0, 0.05) is 29.2 Å². The number of amides is 1. The lowest BCUT2D eigenvalue weighted by Gasteiger charge is -2.43.